The van der Waals surface area contributed by atoms with E-state index in [1.807, 2.05) is 19.1 Å². The number of hydrogen-bond acceptors (Lipinski definition) is 4. The van der Waals surface area contributed by atoms with Gasteiger partial charge in [0, 0.05) is 12.6 Å². The molecule has 0 bridgehead atoms. The van der Waals surface area contributed by atoms with Gasteiger partial charge in [-0.1, -0.05) is 23.2 Å². The van der Waals surface area contributed by atoms with Crippen molar-refractivity contribution in [3.63, 3.8) is 0 Å². The Hall–Kier alpha value is -1.39. The molecule has 2 aromatic rings. The molecule has 0 radical (unpaired) electrons. The fraction of sp³-hybridized carbons (Fsp3) is 0.400. The number of nitrogens with one attached hydrogen (secondary N) is 1. The smallest absolute Gasteiger partial charge is 0.150 e. The van der Waals surface area contributed by atoms with E-state index in [9.17, 15) is 0 Å². The van der Waals surface area contributed by atoms with Crippen LogP contribution in [0, 0.1) is 0 Å². The number of aromatic nitrogens is 1. The lowest BCUT2D eigenvalue weighted by Gasteiger charge is -2.24. The first-order chi connectivity index (χ1) is 10.2. The summed E-state index contributed by atoms with van der Waals surface area (Å²) in [7, 11) is 0. The molecule has 0 aliphatic heterocycles. The molecule has 1 aliphatic carbocycles. The number of hydrogen-bond donors (Lipinski definition) is 1. The highest BCUT2D eigenvalue weighted by Crippen LogP contribution is 2.38. The Morgan fingerprint density at radius 1 is 1.38 bits per heavy atom. The Labute approximate surface area is 134 Å². The standard InChI is InChI=1S/C15H17Cl2N3O/c1-2-18-14-12(16)8-13(17)15(19-14)20(10-5-6-10)9-11-4-3-7-21-11/h3-4,7-8,10H,2,5-6,9H2,1H3,(H,18,19). The van der Waals surface area contributed by atoms with Gasteiger partial charge < -0.3 is 14.6 Å². The molecule has 2 heterocycles. The summed E-state index contributed by atoms with van der Waals surface area (Å²) in [5, 5.41) is 4.28. The Morgan fingerprint density at radius 2 is 2.19 bits per heavy atom. The molecule has 2 aromatic heterocycles. The number of pyridine rings is 1. The number of nitrogens with zero attached hydrogens (tertiary/aromatic N) is 2. The van der Waals surface area contributed by atoms with E-state index in [1.54, 1.807) is 12.3 Å². The van der Waals surface area contributed by atoms with Crippen LogP contribution in [0.5, 0.6) is 0 Å². The molecule has 0 amide bonds. The molecule has 1 aliphatic rings. The van der Waals surface area contributed by atoms with Crippen LogP contribution < -0.4 is 10.2 Å². The van der Waals surface area contributed by atoms with Gasteiger partial charge in [0.1, 0.15) is 11.6 Å². The minimum atomic E-state index is 0.468. The molecule has 0 aromatic carbocycles. The van der Waals surface area contributed by atoms with Gasteiger partial charge in [-0.3, -0.25) is 0 Å². The van der Waals surface area contributed by atoms with Gasteiger partial charge in [0.25, 0.3) is 0 Å². The van der Waals surface area contributed by atoms with Crippen molar-refractivity contribution in [1.29, 1.82) is 0 Å². The molecular weight excluding hydrogens is 309 g/mol. The molecule has 0 saturated heterocycles. The van der Waals surface area contributed by atoms with Gasteiger partial charge in [0.05, 0.1) is 22.9 Å². The predicted molar refractivity (Wildman–Crippen MR) is 86.3 cm³/mol. The lowest BCUT2D eigenvalue weighted by atomic mass is 10.3. The first kappa shape index (κ1) is 14.5. The van der Waals surface area contributed by atoms with Crippen molar-refractivity contribution in [2.45, 2.75) is 32.4 Å². The van der Waals surface area contributed by atoms with E-state index in [2.05, 4.69) is 15.2 Å². The van der Waals surface area contributed by atoms with Gasteiger partial charge in [-0.15, -0.1) is 0 Å². The summed E-state index contributed by atoms with van der Waals surface area (Å²) in [5.41, 5.74) is 0. The molecule has 0 unspecified atom stereocenters. The van der Waals surface area contributed by atoms with Crippen molar-refractivity contribution >= 4 is 34.8 Å². The lowest BCUT2D eigenvalue weighted by molar-refractivity contribution is 0.500. The van der Waals surface area contributed by atoms with Crippen LogP contribution in [0.3, 0.4) is 0 Å². The molecule has 0 atom stereocenters. The van der Waals surface area contributed by atoms with E-state index in [4.69, 9.17) is 27.6 Å². The van der Waals surface area contributed by atoms with Crippen molar-refractivity contribution < 1.29 is 4.42 Å². The largest absolute Gasteiger partial charge is 0.467 e. The minimum absolute atomic E-state index is 0.468. The second kappa shape index (κ2) is 6.16. The normalized spacial score (nSPS) is 14.2. The first-order valence-electron chi connectivity index (χ1n) is 7.08. The van der Waals surface area contributed by atoms with Crippen LogP contribution in [0.1, 0.15) is 25.5 Å². The van der Waals surface area contributed by atoms with Gasteiger partial charge in [-0.2, -0.15) is 0 Å². The van der Waals surface area contributed by atoms with Crippen LogP contribution in [-0.2, 0) is 6.54 Å². The van der Waals surface area contributed by atoms with Gasteiger partial charge in [0.2, 0.25) is 0 Å². The van der Waals surface area contributed by atoms with Crippen molar-refractivity contribution in [2.75, 3.05) is 16.8 Å². The predicted octanol–water partition coefficient (Wildman–Crippen LogP) is 4.58. The maximum atomic E-state index is 6.36. The lowest BCUT2D eigenvalue weighted by Crippen LogP contribution is -2.26. The highest BCUT2D eigenvalue weighted by Gasteiger charge is 2.32. The van der Waals surface area contributed by atoms with Crippen molar-refractivity contribution in [3.8, 4) is 0 Å². The van der Waals surface area contributed by atoms with Crippen molar-refractivity contribution in [3.05, 3.63) is 40.3 Å². The van der Waals surface area contributed by atoms with Crippen LogP contribution >= 0.6 is 23.2 Å². The van der Waals surface area contributed by atoms with Gasteiger partial charge >= 0.3 is 0 Å². The SMILES string of the molecule is CCNc1nc(N(Cc2ccco2)C2CC2)c(Cl)cc1Cl. The fourth-order valence-electron chi connectivity index (χ4n) is 2.28. The Kier molecular flexibility index (Phi) is 4.27. The Morgan fingerprint density at radius 3 is 2.81 bits per heavy atom. The maximum absolute atomic E-state index is 6.36. The summed E-state index contributed by atoms with van der Waals surface area (Å²) in [6.07, 6.45) is 3.98. The van der Waals surface area contributed by atoms with E-state index in [-0.39, 0.29) is 0 Å². The Bertz CT molecular complexity index is 612. The molecule has 1 saturated carbocycles. The summed E-state index contributed by atoms with van der Waals surface area (Å²) in [5.74, 6) is 2.33. The van der Waals surface area contributed by atoms with Gasteiger partial charge in [-0.05, 0) is 38.0 Å². The average Bonchev–Trinajstić information content (AvgIpc) is 3.17. The zero-order chi connectivity index (χ0) is 14.8. The second-order valence-electron chi connectivity index (χ2n) is 5.09. The maximum Gasteiger partial charge on any atom is 0.150 e. The summed E-state index contributed by atoms with van der Waals surface area (Å²) in [4.78, 5) is 6.81. The fourth-order valence-corrected chi connectivity index (χ4v) is 2.82. The Balaban J connectivity index is 1.93. The third kappa shape index (κ3) is 3.27. The van der Waals surface area contributed by atoms with Crippen LogP contribution in [0.4, 0.5) is 11.6 Å². The zero-order valence-corrected chi connectivity index (χ0v) is 13.3. The van der Waals surface area contributed by atoms with E-state index < -0.39 is 0 Å². The summed E-state index contributed by atoms with van der Waals surface area (Å²) in [6.45, 7) is 3.43. The molecule has 4 nitrogen and oxygen atoms in total. The van der Waals surface area contributed by atoms with E-state index >= 15 is 0 Å². The van der Waals surface area contributed by atoms with E-state index in [1.165, 1.54) is 0 Å². The minimum Gasteiger partial charge on any atom is -0.467 e. The van der Waals surface area contributed by atoms with Crippen LogP contribution in [0.15, 0.2) is 28.9 Å². The molecule has 3 rings (SSSR count). The molecule has 21 heavy (non-hydrogen) atoms. The monoisotopic (exact) mass is 325 g/mol. The molecular formula is C15H17Cl2N3O. The number of rotatable bonds is 6. The third-order valence-electron chi connectivity index (χ3n) is 3.42. The topological polar surface area (TPSA) is 41.3 Å². The summed E-state index contributed by atoms with van der Waals surface area (Å²) < 4.78 is 5.45. The molecule has 1 N–H and O–H groups in total. The van der Waals surface area contributed by atoms with Crippen LogP contribution in [0.25, 0.3) is 0 Å². The number of anilines is 2. The van der Waals surface area contributed by atoms with Crippen molar-refractivity contribution in [2.24, 2.45) is 0 Å². The summed E-state index contributed by atoms with van der Waals surface area (Å²) in [6, 6.07) is 6.07. The quantitative estimate of drug-likeness (QED) is 0.843. The summed E-state index contributed by atoms with van der Waals surface area (Å²) >= 11 is 12.5. The molecule has 1 fully saturated rings. The molecule has 0 spiro atoms. The molecule has 112 valence electrons. The van der Waals surface area contributed by atoms with Gasteiger partial charge in [-0.25, -0.2) is 4.98 Å². The highest BCUT2D eigenvalue weighted by molar-refractivity contribution is 6.37. The first-order valence-corrected chi connectivity index (χ1v) is 7.83. The second-order valence-corrected chi connectivity index (χ2v) is 5.91. The average molecular weight is 326 g/mol. The number of furan rings is 1. The zero-order valence-electron chi connectivity index (χ0n) is 11.8. The van der Waals surface area contributed by atoms with Crippen molar-refractivity contribution in [1.82, 2.24) is 4.98 Å². The van der Waals surface area contributed by atoms with E-state index in [0.29, 0.717) is 28.4 Å². The van der Waals surface area contributed by atoms with Gasteiger partial charge in [0.15, 0.2) is 5.82 Å². The van der Waals surface area contributed by atoms with Crippen LogP contribution in [0.2, 0.25) is 10.0 Å². The van der Waals surface area contributed by atoms with Crippen LogP contribution in [-0.4, -0.2) is 17.6 Å². The highest BCUT2D eigenvalue weighted by atomic mass is 35.5. The van der Waals surface area contributed by atoms with E-state index in [0.717, 1.165) is 31.0 Å². The number of halogens is 2. The third-order valence-corrected chi connectivity index (χ3v) is 3.99. The molecule has 6 heteroatoms.